The molecule has 37 heavy (non-hydrogen) atoms. The Labute approximate surface area is 223 Å². The average Bonchev–Trinajstić information content (AvgIpc) is 3.28. The van der Waals surface area contributed by atoms with Gasteiger partial charge in [-0.3, -0.25) is 24.0 Å². The zero-order valence-corrected chi connectivity index (χ0v) is 22.4. The van der Waals surface area contributed by atoms with Crippen LogP contribution in [0.5, 0.6) is 11.5 Å². The largest absolute Gasteiger partial charge is 0.493 e. The minimum absolute atomic E-state index is 0.0187. The number of nitrogens with one attached hydrogen (secondary N) is 1. The predicted octanol–water partition coefficient (Wildman–Crippen LogP) is 3.73. The van der Waals surface area contributed by atoms with Crippen LogP contribution in [0.25, 0.3) is 11.8 Å². The van der Waals surface area contributed by atoms with E-state index in [1.165, 1.54) is 21.3 Å². The fraction of sp³-hybridized carbons (Fsp3) is 0.231. The molecule has 2 heterocycles. The molecule has 2 amide bonds. The molecule has 1 fully saturated rings. The smallest absolute Gasteiger partial charge is 0.295 e. The number of rotatable bonds is 8. The van der Waals surface area contributed by atoms with Gasteiger partial charge >= 0.3 is 0 Å². The molecule has 0 spiro atoms. The number of thiocarbonyl (C=S) groups is 1. The van der Waals surface area contributed by atoms with Crippen LogP contribution in [0.15, 0.2) is 58.2 Å². The van der Waals surface area contributed by atoms with E-state index >= 15 is 0 Å². The number of carbonyl (C=O) groups excluding carboxylic acids is 2. The standard InChI is InChI=1S/C26H26N4O5S2/c1-16-23(25(33)30(28(16)2)18-8-6-5-7-9-18)27-22(31)12-13-29-24(32)21(37-26(29)36)15-17-10-11-19(34-3)20(14-17)35-4/h5-11,14-15H,12-13H2,1-4H3,(H,27,31). The van der Waals surface area contributed by atoms with E-state index in [0.29, 0.717) is 32.1 Å². The highest BCUT2D eigenvalue weighted by Gasteiger charge is 2.32. The first-order chi connectivity index (χ1) is 17.7. The number of para-hydroxylation sites is 1. The second-order valence-corrected chi connectivity index (χ2v) is 9.86. The van der Waals surface area contributed by atoms with Crippen molar-refractivity contribution in [3.8, 4) is 17.2 Å². The lowest BCUT2D eigenvalue weighted by molar-refractivity contribution is -0.122. The van der Waals surface area contributed by atoms with Crippen LogP contribution in [0.2, 0.25) is 0 Å². The lowest BCUT2D eigenvalue weighted by Crippen LogP contribution is -2.32. The van der Waals surface area contributed by atoms with E-state index in [4.69, 9.17) is 21.7 Å². The molecule has 4 rings (SSSR count). The number of nitrogens with zero attached hydrogens (tertiary/aromatic N) is 3. The summed E-state index contributed by atoms with van der Waals surface area (Å²) in [5.41, 5.74) is 1.94. The predicted molar refractivity (Wildman–Crippen MR) is 148 cm³/mol. The topological polar surface area (TPSA) is 94.8 Å². The SMILES string of the molecule is COc1ccc(C=C2SC(=S)N(CCC(=O)Nc3c(C)n(C)n(-c4ccccc4)c3=O)C2=O)cc1OC. The van der Waals surface area contributed by atoms with Gasteiger partial charge in [-0.05, 0) is 42.8 Å². The minimum Gasteiger partial charge on any atom is -0.493 e. The molecule has 0 aliphatic carbocycles. The number of carbonyl (C=O) groups is 2. The lowest BCUT2D eigenvalue weighted by atomic mass is 10.2. The maximum absolute atomic E-state index is 13.0. The molecule has 2 aromatic carbocycles. The summed E-state index contributed by atoms with van der Waals surface area (Å²) in [6.07, 6.45) is 1.70. The summed E-state index contributed by atoms with van der Waals surface area (Å²) >= 11 is 6.56. The number of hydrogen-bond acceptors (Lipinski definition) is 7. The second kappa shape index (κ2) is 11.1. The first kappa shape index (κ1) is 26.2. The van der Waals surface area contributed by atoms with Crippen LogP contribution in [0.3, 0.4) is 0 Å². The summed E-state index contributed by atoms with van der Waals surface area (Å²) in [6.45, 7) is 1.86. The van der Waals surface area contributed by atoms with Crippen molar-refractivity contribution >= 4 is 51.9 Å². The quantitative estimate of drug-likeness (QED) is 0.345. The molecule has 0 bridgehead atoms. The van der Waals surface area contributed by atoms with Gasteiger partial charge in [0.05, 0.1) is 30.5 Å². The number of amides is 2. The monoisotopic (exact) mass is 538 g/mol. The van der Waals surface area contributed by atoms with Gasteiger partial charge in [0.25, 0.3) is 11.5 Å². The van der Waals surface area contributed by atoms with E-state index in [9.17, 15) is 14.4 Å². The first-order valence-electron chi connectivity index (χ1n) is 11.4. The van der Waals surface area contributed by atoms with Crippen molar-refractivity contribution in [3.63, 3.8) is 0 Å². The van der Waals surface area contributed by atoms with Crippen LogP contribution in [0.1, 0.15) is 17.7 Å². The number of aromatic nitrogens is 2. The van der Waals surface area contributed by atoms with Crippen LogP contribution >= 0.6 is 24.0 Å². The van der Waals surface area contributed by atoms with E-state index in [0.717, 1.165) is 5.56 Å². The van der Waals surface area contributed by atoms with Gasteiger partial charge in [-0.1, -0.05) is 48.2 Å². The van der Waals surface area contributed by atoms with Gasteiger partial charge in [0.2, 0.25) is 5.91 Å². The number of hydrogen-bond donors (Lipinski definition) is 1. The summed E-state index contributed by atoms with van der Waals surface area (Å²) in [5.74, 6) is 0.470. The van der Waals surface area contributed by atoms with E-state index in [1.54, 1.807) is 51.1 Å². The number of ether oxygens (including phenoxy) is 2. The fourth-order valence-corrected chi connectivity index (χ4v) is 5.22. The van der Waals surface area contributed by atoms with Crippen molar-refractivity contribution in [2.75, 3.05) is 26.1 Å². The molecule has 0 unspecified atom stereocenters. The molecule has 1 aliphatic heterocycles. The molecule has 1 N–H and O–H groups in total. The van der Waals surface area contributed by atoms with Crippen LogP contribution in [-0.4, -0.2) is 51.2 Å². The van der Waals surface area contributed by atoms with Gasteiger partial charge in [0.1, 0.15) is 10.0 Å². The Kier molecular flexibility index (Phi) is 7.84. The molecular formula is C26H26N4O5S2. The summed E-state index contributed by atoms with van der Waals surface area (Å²) in [7, 11) is 4.85. The highest BCUT2D eigenvalue weighted by Crippen LogP contribution is 2.34. The third-order valence-electron chi connectivity index (χ3n) is 5.96. The first-order valence-corrected chi connectivity index (χ1v) is 12.6. The molecule has 0 radical (unpaired) electrons. The molecule has 1 aliphatic rings. The van der Waals surface area contributed by atoms with Crippen molar-refractivity contribution < 1.29 is 19.1 Å². The molecule has 3 aromatic rings. The Hall–Kier alpha value is -3.83. The summed E-state index contributed by atoms with van der Waals surface area (Å²) in [4.78, 5) is 40.6. The molecule has 192 valence electrons. The zero-order chi connectivity index (χ0) is 26.7. The summed E-state index contributed by atoms with van der Waals surface area (Å²) in [5, 5.41) is 2.72. The van der Waals surface area contributed by atoms with E-state index in [-0.39, 0.29) is 36.0 Å². The van der Waals surface area contributed by atoms with E-state index < -0.39 is 0 Å². The van der Waals surface area contributed by atoms with Gasteiger partial charge in [-0.25, -0.2) is 4.68 Å². The van der Waals surface area contributed by atoms with Gasteiger partial charge in [0, 0.05) is 20.0 Å². The maximum atomic E-state index is 13.0. The van der Waals surface area contributed by atoms with E-state index in [1.807, 2.05) is 36.4 Å². The third-order valence-corrected chi connectivity index (χ3v) is 7.34. The fourth-order valence-electron chi connectivity index (χ4n) is 3.91. The number of thioether (sulfide) groups is 1. The molecule has 9 nitrogen and oxygen atoms in total. The zero-order valence-electron chi connectivity index (χ0n) is 20.8. The van der Waals surface area contributed by atoms with Crippen LogP contribution in [0.4, 0.5) is 5.69 Å². The second-order valence-electron chi connectivity index (χ2n) is 8.18. The molecule has 11 heteroatoms. The molecule has 0 saturated carbocycles. The van der Waals surface area contributed by atoms with Crippen molar-refractivity contribution in [1.29, 1.82) is 0 Å². The van der Waals surface area contributed by atoms with Crippen LogP contribution in [-0.2, 0) is 16.6 Å². The maximum Gasteiger partial charge on any atom is 0.295 e. The van der Waals surface area contributed by atoms with Crippen molar-refractivity contribution in [2.24, 2.45) is 7.05 Å². The Morgan fingerprint density at radius 3 is 2.46 bits per heavy atom. The summed E-state index contributed by atoms with van der Waals surface area (Å²) in [6, 6.07) is 14.5. The van der Waals surface area contributed by atoms with Gasteiger partial charge in [-0.15, -0.1) is 0 Å². The Morgan fingerprint density at radius 1 is 1.08 bits per heavy atom. The van der Waals surface area contributed by atoms with Gasteiger partial charge in [-0.2, -0.15) is 0 Å². The number of benzene rings is 2. The Morgan fingerprint density at radius 2 is 1.78 bits per heavy atom. The highest BCUT2D eigenvalue weighted by atomic mass is 32.2. The van der Waals surface area contributed by atoms with Crippen molar-refractivity contribution in [3.05, 3.63) is 75.0 Å². The Balaban J connectivity index is 1.44. The highest BCUT2D eigenvalue weighted by molar-refractivity contribution is 8.26. The van der Waals surface area contributed by atoms with Crippen LogP contribution < -0.4 is 20.3 Å². The normalized spacial score (nSPS) is 14.4. The molecule has 1 aromatic heterocycles. The molecule has 1 saturated heterocycles. The number of methoxy groups -OCH3 is 2. The summed E-state index contributed by atoms with van der Waals surface area (Å²) < 4.78 is 14.1. The van der Waals surface area contributed by atoms with Gasteiger partial charge < -0.3 is 14.8 Å². The third kappa shape index (κ3) is 5.32. The van der Waals surface area contributed by atoms with Gasteiger partial charge in [0.15, 0.2) is 11.5 Å². The van der Waals surface area contributed by atoms with Crippen molar-refractivity contribution in [1.82, 2.24) is 14.3 Å². The Bertz CT molecular complexity index is 1460. The average molecular weight is 539 g/mol. The molecular weight excluding hydrogens is 512 g/mol. The number of anilines is 1. The van der Waals surface area contributed by atoms with E-state index in [2.05, 4.69) is 5.32 Å². The lowest BCUT2D eigenvalue weighted by Gasteiger charge is -2.14. The molecule has 0 atom stereocenters. The van der Waals surface area contributed by atoms with Crippen LogP contribution in [0, 0.1) is 6.92 Å². The van der Waals surface area contributed by atoms with Crippen molar-refractivity contribution in [2.45, 2.75) is 13.3 Å². The minimum atomic E-state index is -0.385.